The lowest BCUT2D eigenvalue weighted by Gasteiger charge is -2.15. The Kier molecular flexibility index (Phi) is 4.87. The first kappa shape index (κ1) is 17.9. The van der Waals surface area contributed by atoms with Crippen molar-refractivity contribution in [2.45, 2.75) is 12.8 Å². The summed E-state index contributed by atoms with van der Waals surface area (Å²) in [5, 5.41) is 12.8. The number of nitriles is 1. The van der Waals surface area contributed by atoms with Gasteiger partial charge in [-0.2, -0.15) is 5.26 Å². The number of rotatable bonds is 4. The van der Waals surface area contributed by atoms with Crippen LogP contribution in [-0.2, 0) is 22.4 Å². The molecule has 1 amide bonds. The molecule has 4 rings (SSSR count). The lowest BCUT2D eigenvalue weighted by Crippen LogP contribution is -2.21. The van der Waals surface area contributed by atoms with Crippen LogP contribution in [0.4, 0.5) is 5.00 Å². The van der Waals surface area contributed by atoms with E-state index in [9.17, 15) is 14.9 Å². The third kappa shape index (κ3) is 3.38. The highest BCUT2D eigenvalue weighted by molar-refractivity contribution is 7.20. The van der Waals surface area contributed by atoms with E-state index < -0.39 is 18.5 Å². The minimum Gasteiger partial charge on any atom is -0.452 e. The van der Waals surface area contributed by atoms with Crippen molar-refractivity contribution in [3.8, 4) is 16.5 Å². The molecule has 3 aromatic rings. The van der Waals surface area contributed by atoms with Crippen molar-refractivity contribution in [1.82, 2.24) is 4.98 Å². The first-order valence-electron chi connectivity index (χ1n) is 8.68. The summed E-state index contributed by atoms with van der Waals surface area (Å²) < 4.78 is 5.02. The van der Waals surface area contributed by atoms with E-state index in [1.807, 2.05) is 18.2 Å². The SMILES string of the molecule is N#Cc1c(NC(=O)COC(=O)c2cccnc2)sc2c1CCc1ccccc1-2. The average Bonchev–Trinajstić information content (AvgIpc) is 3.10. The van der Waals surface area contributed by atoms with Gasteiger partial charge in [-0.05, 0) is 41.7 Å². The maximum atomic E-state index is 12.3. The van der Waals surface area contributed by atoms with E-state index in [2.05, 4.69) is 22.4 Å². The molecule has 0 bridgehead atoms. The van der Waals surface area contributed by atoms with Crippen LogP contribution in [0.15, 0.2) is 48.8 Å². The molecule has 0 saturated heterocycles. The van der Waals surface area contributed by atoms with Crippen LogP contribution in [0, 0.1) is 11.3 Å². The Morgan fingerprint density at radius 3 is 2.86 bits per heavy atom. The molecule has 0 spiro atoms. The summed E-state index contributed by atoms with van der Waals surface area (Å²) in [5.41, 5.74) is 4.07. The number of amides is 1. The van der Waals surface area contributed by atoms with E-state index in [1.165, 1.54) is 23.1 Å². The molecular formula is C21H15N3O3S. The number of nitrogens with one attached hydrogen (secondary N) is 1. The van der Waals surface area contributed by atoms with Crippen LogP contribution in [0.5, 0.6) is 0 Å². The summed E-state index contributed by atoms with van der Waals surface area (Å²) in [5.74, 6) is -1.11. The molecule has 1 aromatic carbocycles. The molecule has 0 atom stereocenters. The molecule has 0 aliphatic heterocycles. The Hall–Kier alpha value is -3.50. The number of hydrogen-bond acceptors (Lipinski definition) is 6. The molecule has 0 unspecified atom stereocenters. The Bertz CT molecular complexity index is 1100. The number of nitrogens with zero attached hydrogens (tertiary/aromatic N) is 2. The lowest BCUT2D eigenvalue weighted by atomic mass is 9.90. The predicted octanol–water partition coefficient (Wildman–Crippen LogP) is 3.58. The van der Waals surface area contributed by atoms with Crippen LogP contribution in [0.2, 0.25) is 0 Å². The average molecular weight is 389 g/mol. The smallest absolute Gasteiger partial charge is 0.340 e. The fraction of sp³-hybridized carbons (Fsp3) is 0.143. The van der Waals surface area contributed by atoms with Crippen molar-refractivity contribution >= 4 is 28.2 Å². The monoisotopic (exact) mass is 389 g/mol. The van der Waals surface area contributed by atoms with Crippen LogP contribution in [0.1, 0.15) is 27.0 Å². The van der Waals surface area contributed by atoms with Gasteiger partial charge in [0.2, 0.25) is 0 Å². The maximum Gasteiger partial charge on any atom is 0.340 e. The minimum atomic E-state index is -0.622. The van der Waals surface area contributed by atoms with E-state index in [0.29, 0.717) is 10.6 Å². The highest BCUT2D eigenvalue weighted by atomic mass is 32.1. The van der Waals surface area contributed by atoms with Crippen molar-refractivity contribution in [2.75, 3.05) is 11.9 Å². The largest absolute Gasteiger partial charge is 0.452 e. The van der Waals surface area contributed by atoms with Gasteiger partial charge in [0.05, 0.1) is 11.1 Å². The van der Waals surface area contributed by atoms with Crippen molar-refractivity contribution in [1.29, 1.82) is 5.26 Å². The number of esters is 1. The summed E-state index contributed by atoms with van der Waals surface area (Å²) >= 11 is 1.38. The lowest BCUT2D eigenvalue weighted by molar-refractivity contribution is -0.119. The van der Waals surface area contributed by atoms with E-state index in [4.69, 9.17) is 4.74 Å². The van der Waals surface area contributed by atoms with Crippen molar-refractivity contribution < 1.29 is 14.3 Å². The number of carbonyl (C=O) groups is 2. The number of carbonyl (C=O) groups excluding carboxylic acids is 2. The van der Waals surface area contributed by atoms with Crippen LogP contribution in [0.3, 0.4) is 0 Å². The standard InChI is InChI=1S/C21H15N3O3S/c22-10-17-16-8-7-13-4-1-2-6-15(13)19(16)28-20(17)24-18(25)12-27-21(26)14-5-3-9-23-11-14/h1-6,9,11H,7-8,12H2,(H,24,25). The predicted molar refractivity (Wildman–Crippen MR) is 105 cm³/mol. The molecule has 0 saturated carbocycles. The molecule has 6 nitrogen and oxygen atoms in total. The topological polar surface area (TPSA) is 92.1 Å². The molecule has 0 fully saturated rings. The third-order valence-electron chi connectivity index (χ3n) is 4.51. The summed E-state index contributed by atoms with van der Waals surface area (Å²) in [6, 6.07) is 13.5. The number of pyridine rings is 1. The van der Waals surface area contributed by atoms with Gasteiger partial charge in [-0.25, -0.2) is 4.79 Å². The normalized spacial score (nSPS) is 11.7. The van der Waals surface area contributed by atoms with Gasteiger partial charge < -0.3 is 10.1 Å². The molecule has 28 heavy (non-hydrogen) atoms. The maximum absolute atomic E-state index is 12.3. The Morgan fingerprint density at radius 1 is 1.21 bits per heavy atom. The molecule has 1 aliphatic rings. The molecule has 2 heterocycles. The highest BCUT2D eigenvalue weighted by Gasteiger charge is 2.25. The third-order valence-corrected chi connectivity index (χ3v) is 5.69. The second-order valence-corrected chi connectivity index (χ2v) is 7.27. The fourth-order valence-corrected chi connectivity index (χ4v) is 4.48. The van der Waals surface area contributed by atoms with Crippen molar-refractivity contribution in [2.24, 2.45) is 0 Å². The van der Waals surface area contributed by atoms with Crippen LogP contribution < -0.4 is 5.32 Å². The zero-order chi connectivity index (χ0) is 19.5. The summed E-state index contributed by atoms with van der Waals surface area (Å²) in [4.78, 5) is 29.1. The zero-order valence-corrected chi connectivity index (χ0v) is 15.6. The number of aryl methyl sites for hydroxylation is 1. The molecule has 2 aromatic heterocycles. The summed E-state index contributed by atoms with van der Waals surface area (Å²) in [6.45, 7) is -0.433. The number of fused-ring (bicyclic) bond motifs is 3. The Balaban J connectivity index is 1.50. The second kappa shape index (κ2) is 7.62. The van der Waals surface area contributed by atoms with E-state index in [1.54, 1.807) is 18.3 Å². The van der Waals surface area contributed by atoms with Gasteiger partial charge >= 0.3 is 5.97 Å². The van der Waals surface area contributed by atoms with Crippen LogP contribution in [-0.4, -0.2) is 23.5 Å². The minimum absolute atomic E-state index is 0.274. The summed E-state index contributed by atoms with van der Waals surface area (Å²) in [6.07, 6.45) is 4.55. The van der Waals surface area contributed by atoms with Gasteiger partial charge in [0.1, 0.15) is 11.1 Å². The van der Waals surface area contributed by atoms with E-state index in [-0.39, 0.29) is 5.56 Å². The molecular weight excluding hydrogens is 374 g/mol. The zero-order valence-electron chi connectivity index (χ0n) is 14.8. The van der Waals surface area contributed by atoms with E-state index in [0.717, 1.165) is 28.8 Å². The number of thiophene rings is 1. The molecule has 0 radical (unpaired) electrons. The Morgan fingerprint density at radius 2 is 2.07 bits per heavy atom. The number of benzene rings is 1. The second-order valence-electron chi connectivity index (χ2n) is 6.25. The highest BCUT2D eigenvalue weighted by Crippen LogP contribution is 2.44. The van der Waals surface area contributed by atoms with Crippen LogP contribution >= 0.6 is 11.3 Å². The Labute approximate surface area is 165 Å². The quantitative estimate of drug-likeness (QED) is 0.689. The first-order chi connectivity index (χ1) is 13.7. The molecule has 1 N–H and O–H groups in total. The first-order valence-corrected chi connectivity index (χ1v) is 9.50. The van der Waals surface area contributed by atoms with Gasteiger partial charge in [-0.15, -0.1) is 11.3 Å². The number of aromatic nitrogens is 1. The fourth-order valence-electron chi connectivity index (χ4n) is 3.21. The molecule has 138 valence electrons. The van der Waals surface area contributed by atoms with Crippen LogP contribution in [0.25, 0.3) is 10.4 Å². The number of ether oxygens (including phenoxy) is 1. The van der Waals surface area contributed by atoms with Gasteiger partial charge in [0.25, 0.3) is 5.91 Å². The summed E-state index contributed by atoms with van der Waals surface area (Å²) in [7, 11) is 0. The van der Waals surface area contributed by atoms with E-state index >= 15 is 0 Å². The van der Waals surface area contributed by atoms with Gasteiger partial charge in [-0.3, -0.25) is 9.78 Å². The van der Waals surface area contributed by atoms with Gasteiger partial charge in [0.15, 0.2) is 6.61 Å². The molecule has 7 heteroatoms. The van der Waals surface area contributed by atoms with Crippen molar-refractivity contribution in [3.05, 3.63) is 71.0 Å². The van der Waals surface area contributed by atoms with Crippen molar-refractivity contribution in [3.63, 3.8) is 0 Å². The van der Waals surface area contributed by atoms with Gasteiger partial charge in [-0.1, -0.05) is 24.3 Å². The number of anilines is 1. The number of hydrogen-bond donors (Lipinski definition) is 1. The molecule has 1 aliphatic carbocycles. The van der Waals surface area contributed by atoms with Gasteiger partial charge in [0, 0.05) is 17.3 Å².